The first-order valence-corrected chi connectivity index (χ1v) is 20.9. The molecule has 0 aromatic heterocycles. The van der Waals surface area contributed by atoms with Gasteiger partial charge >= 0.3 is 0 Å². The molecule has 6 fully saturated rings. The van der Waals surface area contributed by atoms with E-state index in [2.05, 4.69) is 13.8 Å². The molecule has 6 aliphatic rings. The van der Waals surface area contributed by atoms with Crippen molar-refractivity contribution >= 4 is 40.9 Å². The van der Waals surface area contributed by atoms with Crippen molar-refractivity contribution in [1.82, 2.24) is 9.80 Å². The summed E-state index contributed by atoms with van der Waals surface area (Å²) in [5.74, 6) is -3.18. The Morgan fingerprint density at radius 3 is 2.13 bits per heavy atom. The van der Waals surface area contributed by atoms with Crippen LogP contribution < -0.4 is 0 Å². The lowest BCUT2D eigenvalue weighted by molar-refractivity contribution is -0.154. The molecule has 294 valence electrons. The summed E-state index contributed by atoms with van der Waals surface area (Å²) >= 11 is 0. The topological polar surface area (TPSA) is 135 Å². The largest absolute Gasteiger partial charge is 0.378 e. The van der Waals surface area contributed by atoms with Crippen LogP contribution in [0.3, 0.4) is 0 Å². The zero-order chi connectivity index (χ0) is 38.4. The summed E-state index contributed by atoms with van der Waals surface area (Å²) in [4.78, 5) is 99.3. The van der Waals surface area contributed by atoms with E-state index in [1.165, 1.54) is 4.90 Å². The fraction of sp³-hybridized carbons (Fsp3) is 0.837. The highest BCUT2D eigenvalue weighted by Gasteiger charge is 2.69. The Morgan fingerprint density at radius 1 is 0.849 bits per heavy atom. The number of likely N-dealkylation sites (tertiary alicyclic amines) is 1. The lowest BCUT2D eigenvalue weighted by Crippen LogP contribution is -2.51. The van der Waals surface area contributed by atoms with Crippen LogP contribution in [0.1, 0.15) is 138 Å². The molecular formula is C43H64N2O8. The summed E-state index contributed by atoms with van der Waals surface area (Å²) in [6, 6.07) is -0.706. The number of rotatable bonds is 10. The monoisotopic (exact) mass is 736 g/mol. The summed E-state index contributed by atoms with van der Waals surface area (Å²) in [5.41, 5.74) is -0.512. The third-order valence-electron chi connectivity index (χ3n) is 14.3. The smallest absolute Gasteiger partial charge is 0.232 e. The molecule has 10 heteroatoms. The molecule has 0 aromatic rings. The van der Waals surface area contributed by atoms with Gasteiger partial charge in [0.15, 0.2) is 11.6 Å². The number of nitrogens with zero attached hydrogens (tertiary/aromatic N) is 2. The van der Waals surface area contributed by atoms with Gasteiger partial charge in [0.1, 0.15) is 5.78 Å². The molecule has 3 aliphatic heterocycles. The standard InChI is InChI=1S/C43H64N2O8/c1-25-32(22-31(46)21-30(42(2,3)4)23-45-39(50)28-15-16-29(19-28)40(45)51)41(52)44-24-33-36(43(33,5)6)37(44)34(47)20-27(12-10-8-7-9-11-17-53-25)38(49)35(48)18-26-13-14-26/h25-30,32-33,36-37H,7-24H2,1-6H3/t25-,27+,28?,29?,30+,32-,33-,36-,37+/m0/s1. The van der Waals surface area contributed by atoms with Gasteiger partial charge < -0.3 is 9.64 Å². The first-order chi connectivity index (χ1) is 25.0. The SMILES string of the molecule is C[C@@H]1OCCCCCCC[C@@H](C(=O)C(=O)CC2CC2)CC(=O)[C@@H]2[C@@H]3[C@H](CN2C(=O)[C@H]1CC(=O)C[C@H](CN1C(=O)C2CCC(C2)C1=O)C(C)(C)C)C3(C)C. The molecule has 3 amide bonds. The Labute approximate surface area is 316 Å². The van der Waals surface area contributed by atoms with Gasteiger partial charge in [-0.15, -0.1) is 0 Å². The lowest BCUT2D eigenvalue weighted by Gasteiger charge is -2.38. The number of hydrogen-bond donors (Lipinski definition) is 0. The van der Waals surface area contributed by atoms with Crippen molar-refractivity contribution in [2.75, 3.05) is 19.7 Å². The molecule has 0 spiro atoms. The third kappa shape index (κ3) is 8.73. The number of ketones is 4. The molecule has 6 rings (SSSR count). The number of ether oxygens (including phenoxy) is 1. The van der Waals surface area contributed by atoms with E-state index in [0.29, 0.717) is 26.0 Å². The van der Waals surface area contributed by atoms with Gasteiger partial charge in [-0.3, -0.25) is 38.5 Å². The zero-order valence-corrected chi connectivity index (χ0v) is 33.2. The summed E-state index contributed by atoms with van der Waals surface area (Å²) in [5, 5.41) is 0. The van der Waals surface area contributed by atoms with Crippen LogP contribution in [0.4, 0.5) is 0 Å². The normalized spacial score (nSPS) is 34.5. The highest BCUT2D eigenvalue weighted by Crippen LogP contribution is 2.65. The molecule has 0 N–H and O–H groups in total. The van der Waals surface area contributed by atoms with Gasteiger partial charge in [-0.25, -0.2) is 0 Å². The van der Waals surface area contributed by atoms with Gasteiger partial charge in [-0.05, 0) is 86.4 Å². The second-order valence-electron chi connectivity index (χ2n) is 19.4. The summed E-state index contributed by atoms with van der Waals surface area (Å²) in [6.45, 7) is 13.2. The minimum atomic E-state index is -0.807. The molecule has 53 heavy (non-hydrogen) atoms. The van der Waals surface area contributed by atoms with Crippen molar-refractivity contribution in [1.29, 1.82) is 0 Å². The van der Waals surface area contributed by atoms with Crippen LogP contribution in [0.5, 0.6) is 0 Å². The third-order valence-corrected chi connectivity index (χ3v) is 14.3. The van der Waals surface area contributed by atoms with E-state index in [0.717, 1.165) is 57.8 Å². The van der Waals surface area contributed by atoms with E-state index in [1.807, 2.05) is 27.7 Å². The second-order valence-corrected chi connectivity index (χ2v) is 19.4. The van der Waals surface area contributed by atoms with Crippen molar-refractivity contribution in [2.24, 2.45) is 58.2 Å². The predicted octanol–water partition coefficient (Wildman–Crippen LogP) is 6.16. The van der Waals surface area contributed by atoms with E-state index >= 15 is 0 Å². The molecule has 3 aliphatic carbocycles. The molecule has 3 heterocycles. The van der Waals surface area contributed by atoms with Crippen LogP contribution in [0, 0.1) is 58.2 Å². The molecule has 0 aromatic carbocycles. The van der Waals surface area contributed by atoms with E-state index in [-0.39, 0.29) is 114 Å². The first-order valence-electron chi connectivity index (χ1n) is 20.9. The number of hydrogen-bond acceptors (Lipinski definition) is 8. The Balaban J connectivity index is 1.21. The predicted molar refractivity (Wildman–Crippen MR) is 198 cm³/mol. The van der Waals surface area contributed by atoms with Crippen molar-refractivity contribution in [3.8, 4) is 0 Å². The molecule has 3 saturated carbocycles. The number of carbonyl (C=O) groups excluding carboxylic acids is 7. The molecule has 0 radical (unpaired) electrons. The van der Waals surface area contributed by atoms with Gasteiger partial charge in [0, 0.05) is 63.1 Å². The molecule has 10 nitrogen and oxygen atoms in total. The Kier molecular flexibility index (Phi) is 11.9. The van der Waals surface area contributed by atoms with Crippen molar-refractivity contribution in [3.63, 3.8) is 0 Å². The van der Waals surface area contributed by atoms with E-state index in [9.17, 15) is 33.6 Å². The highest BCUT2D eigenvalue weighted by atomic mass is 16.5. The van der Waals surface area contributed by atoms with E-state index in [4.69, 9.17) is 4.74 Å². The minimum absolute atomic E-state index is 0.0384. The van der Waals surface area contributed by atoms with Crippen LogP contribution in [0.2, 0.25) is 0 Å². The van der Waals surface area contributed by atoms with Crippen LogP contribution >= 0.6 is 0 Å². The molecule has 3 saturated heterocycles. The maximum absolute atomic E-state index is 14.7. The van der Waals surface area contributed by atoms with Crippen LogP contribution in [-0.2, 0) is 38.3 Å². The fourth-order valence-corrected chi connectivity index (χ4v) is 10.2. The van der Waals surface area contributed by atoms with Crippen LogP contribution in [-0.4, -0.2) is 82.5 Å². The first kappa shape index (κ1) is 39.9. The molecule has 2 bridgehead atoms. The summed E-state index contributed by atoms with van der Waals surface area (Å²) in [7, 11) is 0. The Bertz CT molecular complexity index is 1450. The number of Topliss-reactive ketones (excluding diaryl/α,β-unsaturated/α-hetero) is 4. The number of fused-ring (bicyclic) bond motifs is 5. The van der Waals surface area contributed by atoms with Gasteiger partial charge in [0.2, 0.25) is 23.5 Å². The lowest BCUT2D eigenvalue weighted by atomic mass is 9.76. The van der Waals surface area contributed by atoms with Gasteiger partial charge in [-0.1, -0.05) is 60.3 Å². The summed E-state index contributed by atoms with van der Waals surface area (Å²) < 4.78 is 6.28. The van der Waals surface area contributed by atoms with Gasteiger partial charge in [0.25, 0.3) is 0 Å². The fourth-order valence-electron chi connectivity index (χ4n) is 10.2. The van der Waals surface area contributed by atoms with Gasteiger partial charge in [-0.2, -0.15) is 0 Å². The summed E-state index contributed by atoms with van der Waals surface area (Å²) in [6.07, 6.45) is 8.59. The number of piperidine rings is 2. The zero-order valence-electron chi connectivity index (χ0n) is 33.2. The van der Waals surface area contributed by atoms with Crippen molar-refractivity contribution < 1.29 is 38.3 Å². The average Bonchev–Trinajstić information content (AvgIpc) is 3.83. The molecule has 9 atom stereocenters. The van der Waals surface area contributed by atoms with E-state index in [1.54, 1.807) is 4.90 Å². The molecular weight excluding hydrogens is 672 g/mol. The Hall–Kier alpha value is -2.75. The quantitative estimate of drug-likeness (QED) is 0.193. The van der Waals surface area contributed by atoms with Gasteiger partial charge in [0.05, 0.1) is 18.1 Å². The minimum Gasteiger partial charge on any atom is -0.378 e. The number of carbonyl (C=O) groups is 7. The van der Waals surface area contributed by atoms with Crippen LogP contribution in [0.15, 0.2) is 0 Å². The molecule has 2 unspecified atom stereocenters. The average molecular weight is 737 g/mol. The highest BCUT2D eigenvalue weighted by molar-refractivity contribution is 6.38. The number of amides is 3. The van der Waals surface area contributed by atoms with Crippen molar-refractivity contribution in [3.05, 3.63) is 0 Å². The van der Waals surface area contributed by atoms with E-state index < -0.39 is 29.8 Å². The van der Waals surface area contributed by atoms with Crippen LogP contribution in [0.25, 0.3) is 0 Å². The van der Waals surface area contributed by atoms with Crippen molar-refractivity contribution in [2.45, 2.75) is 150 Å². The maximum Gasteiger partial charge on any atom is 0.232 e. The Morgan fingerprint density at radius 2 is 1.49 bits per heavy atom. The number of imide groups is 1. The second kappa shape index (κ2) is 15.8. The maximum atomic E-state index is 14.7.